The van der Waals surface area contributed by atoms with E-state index in [2.05, 4.69) is 33.9 Å². The van der Waals surface area contributed by atoms with Gasteiger partial charge in [0.1, 0.15) is 12.9 Å². The maximum atomic E-state index is 6.04. The van der Waals surface area contributed by atoms with Crippen LogP contribution in [0.1, 0.15) is 32.5 Å². The first-order valence-corrected chi connectivity index (χ1v) is 6.62. The number of guanidine groups is 1. The van der Waals surface area contributed by atoms with Crippen LogP contribution < -0.4 is 5.73 Å². The largest absolute Gasteiger partial charge is 0.370 e. The van der Waals surface area contributed by atoms with Crippen molar-refractivity contribution in [3.05, 3.63) is 12.2 Å². The second kappa shape index (κ2) is 7.66. The van der Waals surface area contributed by atoms with Gasteiger partial charge in [-0.05, 0) is 25.7 Å². The number of likely N-dealkylation sites (tertiary alicyclic amines) is 1. The molecule has 7 heteroatoms. The van der Waals surface area contributed by atoms with Crippen molar-refractivity contribution in [3.8, 4) is 0 Å². The molecule has 1 aliphatic heterocycles. The lowest BCUT2D eigenvalue weighted by atomic mass is 10.0. The normalized spacial score (nSPS) is 20.2. The number of aliphatic imine (C=N–C) groups is 1. The lowest BCUT2D eigenvalue weighted by Gasteiger charge is -2.31. The van der Waals surface area contributed by atoms with Gasteiger partial charge in [0, 0.05) is 19.6 Å². The molecule has 0 radical (unpaired) electrons. The Morgan fingerprint density at radius 1 is 1.58 bits per heavy atom. The number of halogens is 1. The molecule has 1 aromatic heterocycles. The van der Waals surface area contributed by atoms with Crippen LogP contribution in [0.15, 0.2) is 11.3 Å². The summed E-state index contributed by atoms with van der Waals surface area (Å²) in [7, 11) is 0. The third kappa shape index (κ3) is 4.32. The van der Waals surface area contributed by atoms with Crippen molar-refractivity contribution >= 4 is 29.9 Å². The first-order valence-electron chi connectivity index (χ1n) is 6.62. The van der Waals surface area contributed by atoms with Crippen LogP contribution in [-0.2, 0) is 13.1 Å². The number of nitrogens with two attached hydrogens (primary N) is 1. The van der Waals surface area contributed by atoms with Crippen molar-refractivity contribution in [2.24, 2.45) is 16.6 Å². The van der Waals surface area contributed by atoms with E-state index in [1.807, 2.05) is 4.57 Å². The van der Waals surface area contributed by atoms with Crippen molar-refractivity contribution < 1.29 is 0 Å². The van der Waals surface area contributed by atoms with E-state index >= 15 is 0 Å². The van der Waals surface area contributed by atoms with Crippen molar-refractivity contribution in [2.45, 2.75) is 39.8 Å². The van der Waals surface area contributed by atoms with Crippen molar-refractivity contribution in [1.82, 2.24) is 19.7 Å². The van der Waals surface area contributed by atoms with Crippen molar-refractivity contribution in [2.75, 3.05) is 13.1 Å². The van der Waals surface area contributed by atoms with Gasteiger partial charge in [0.05, 0.1) is 0 Å². The van der Waals surface area contributed by atoms with E-state index in [0.717, 1.165) is 25.5 Å². The summed E-state index contributed by atoms with van der Waals surface area (Å²) in [4.78, 5) is 6.60. The van der Waals surface area contributed by atoms with Crippen LogP contribution >= 0.6 is 24.0 Å². The van der Waals surface area contributed by atoms with Gasteiger partial charge in [-0.1, -0.05) is 6.92 Å². The minimum atomic E-state index is 0. The summed E-state index contributed by atoms with van der Waals surface area (Å²) in [6, 6.07) is 0. The number of rotatable bonds is 3. The number of piperidine rings is 1. The number of hydrogen-bond acceptors (Lipinski definition) is 3. The molecule has 1 unspecified atom stereocenters. The maximum Gasteiger partial charge on any atom is 0.191 e. The Bertz CT molecular complexity index is 416. The fourth-order valence-corrected chi connectivity index (χ4v) is 2.31. The van der Waals surface area contributed by atoms with Crippen LogP contribution in [0, 0.1) is 5.92 Å². The van der Waals surface area contributed by atoms with Crippen molar-refractivity contribution in [3.63, 3.8) is 0 Å². The van der Waals surface area contributed by atoms with Crippen LogP contribution in [0.25, 0.3) is 0 Å². The van der Waals surface area contributed by atoms with Crippen LogP contribution in [0.4, 0.5) is 0 Å². The van der Waals surface area contributed by atoms with E-state index in [0.29, 0.717) is 18.4 Å². The molecule has 0 aromatic carbocycles. The predicted octanol–water partition coefficient (Wildman–Crippen LogP) is 1.46. The molecule has 2 rings (SSSR count). The predicted molar refractivity (Wildman–Crippen MR) is 86.4 cm³/mol. The smallest absolute Gasteiger partial charge is 0.191 e. The number of hydrogen-bond donors (Lipinski definition) is 1. The van der Waals surface area contributed by atoms with Gasteiger partial charge in [0.15, 0.2) is 11.8 Å². The Hall–Kier alpha value is -0.860. The van der Waals surface area contributed by atoms with Crippen LogP contribution in [0.3, 0.4) is 0 Å². The standard InChI is InChI=1S/C12H22N6.HI/c1-3-17-9-15-16-11(17)7-14-12(13)18-6-4-5-10(2)8-18;/h9-10H,3-8H2,1-2H3,(H2,13,14);1H. The first-order chi connectivity index (χ1) is 8.70. The zero-order valence-corrected chi connectivity index (χ0v) is 13.9. The summed E-state index contributed by atoms with van der Waals surface area (Å²) in [6.07, 6.45) is 4.21. The second-order valence-electron chi connectivity index (χ2n) is 4.90. The van der Waals surface area contributed by atoms with E-state index in [9.17, 15) is 0 Å². The fourth-order valence-electron chi connectivity index (χ4n) is 2.31. The summed E-state index contributed by atoms with van der Waals surface area (Å²) < 4.78 is 1.98. The van der Waals surface area contributed by atoms with E-state index in [-0.39, 0.29) is 24.0 Å². The molecule has 19 heavy (non-hydrogen) atoms. The molecule has 0 bridgehead atoms. The first kappa shape index (κ1) is 16.2. The highest BCUT2D eigenvalue weighted by Crippen LogP contribution is 2.15. The summed E-state index contributed by atoms with van der Waals surface area (Å²) in [6.45, 7) is 7.71. The number of aryl methyl sites for hydroxylation is 1. The van der Waals surface area contributed by atoms with Gasteiger partial charge in [-0.25, -0.2) is 4.99 Å². The minimum Gasteiger partial charge on any atom is -0.370 e. The zero-order chi connectivity index (χ0) is 13.0. The molecule has 1 atom stereocenters. The Kier molecular flexibility index (Phi) is 6.53. The highest BCUT2D eigenvalue weighted by atomic mass is 127. The molecule has 0 amide bonds. The van der Waals surface area contributed by atoms with Gasteiger partial charge in [-0.2, -0.15) is 0 Å². The molecule has 1 saturated heterocycles. The van der Waals surface area contributed by atoms with Crippen molar-refractivity contribution in [1.29, 1.82) is 0 Å². The summed E-state index contributed by atoms with van der Waals surface area (Å²) >= 11 is 0. The Morgan fingerprint density at radius 3 is 3.05 bits per heavy atom. The molecular formula is C12H23IN6. The minimum absolute atomic E-state index is 0. The molecule has 6 nitrogen and oxygen atoms in total. The Morgan fingerprint density at radius 2 is 2.37 bits per heavy atom. The van der Waals surface area contributed by atoms with E-state index in [1.54, 1.807) is 6.33 Å². The van der Waals surface area contributed by atoms with Crippen LogP contribution in [0.2, 0.25) is 0 Å². The van der Waals surface area contributed by atoms with Crippen LogP contribution in [-0.4, -0.2) is 38.7 Å². The van der Waals surface area contributed by atoms with Gasteiger partial charge in [-0.15, -0.1) is 34.2 Å². The van der Waals surface area contributed by atoms with Gasteiger partial charge in [0.2, 0.25) is 0 Å². The molecule has 0 spiro atoms. The maximum absolute atomic E-state index is 6.04. The Balaban J connectivity index is 0.00000180. The highest BCUT2D eigenvalue weighted by molar-refractivity contribution is 14.0. The summed E-state index contributed by atoms with van der Waals surface area (Å²) in [5.74, 6) is 2.20. The highest BCUT2D eigenvalue weighted by Gasteiger charge is 2.17. The fraction of sp³-hybridized carbons (Fsp3) is 0.750. The molecule has 1 aromatic rings. The Labute approximate surface area is 131 Å². The summed E-state index contributed by atoms with van der Waals surface area (Å²) in [5, 5.41) is 7.94. The molecule has 1 aliphatic rings. The molecule has 2 N–H and O–H groups in total. The average molecular weight is 378 g/mol. The van der Waals surface area contributed by atoms with Gasteiger partial charge < -0.3 is 15.2 Å². The van der Waals surface area contributed by atoms with Gasteiger partial charge in [0.25, 0.3) is 0 Å². The number of aromatic nitrogens is 3. The van der Waals surface area contributed by atoms with E-state index in [1.165, 1.54) is 12.8 Å². The van der Waals surface area contributed by atoms with Crippen LogP contribution in [0.5, 0.6) is 0 Å². The lowest BCUT2D eigenvalue weighted by molar-refractivity contribution is 0.270. The third-order valence-corrected chi connectivity index (χ3v) is 3.40. The lowest BCUT2D eigenvalue weighted by Crippen LogP contribution is -2.43. The monoisotopic (exact) mass is 378 g/mol. The third-order valence-electron chi connectivity index (χ3n) is 3.40. The number of nitrogens with zero attached hydrogens (tertiary/aromatic N) is 5. The van der Waals surface area contributed by atoms with Gasteiger partial charge >= 0.3 is 0 Å². The average Bonchev–Trinajstić information content (AvgIpc) is 2.83. The molecule has 0 aliphatic carbocycles. The quantitative estimate of drug-likeness (QED) is 0.491. The van der Waals surface area contributed by atoms with E-state index < -0.39 is 0 Å². The zero-order valence-electron chi connectivity index (χ0n) is 11.6. The summed E-state index contributed by atoms with van der Waals surface area (Å²) in [5.41, 5.74) is 6.04. The SMILES string of the molecule is CCn1cnnc1CN=C(N)N1CCCC(C)C1.I. The molecule has 0 saturated carbocycles. The molecular weight excluding hydrogens is 355 g/mol. The topological polar surface area (TPSA) is 72.3 Å². The van der Waals surface area contributed by atoms with Gasteiger partial charge in [-0.3, -0.25) is 0 Å². The second-order valence-corrected chi connectivity index (χ2v) is 4.90. The molecule has 108 valence electrons. The van der Waals surface area contributed by atoms with E-state index in [4.69, 9.17) is 5.73 Å². The molecule has 2 heterocycles. The molecule has 1 fully saturated rings.